The molecule has 0 atom stereocenters. The number of hydrogen-bond acceptors (Lipinski definition) is 6. The molecule has 2 aromatic rings. The average molecular weight is 458 g/mol. The van der Waals surface area contributed by atoms with Gasteiger partial charge in [0.25, 0.3) is 5.69 Å². The minimum absolute atomic E-state index is 0.0200. The number of ether oxygens (including phenoxy) is 1. The van der Waals surface area contributed by atoms with Crippen molar-refractivity contribution in [2.45, 2.75) is 17.7 Å². The van der Waals surface area contributed by atoms with Crippen LogP contribution in [0.2, 0.25) is 10.0 Å². The Morgan fingerprint density at radius 3 is 2.41 bits per heavy atom. The van der Waals surface area contributed by atoms with Gasteiger partial charge >= 0.3 is 0 Å². The Kier molecular flexibility index (Phi) is 9.04. The minimum atomic E-state index is -0.494. The molecule has 0 fully saturated rings. The molecular formula is C18H17Cl2N3O5S. The van der Waals surface area contributed by atoms with Crippen molar-refractivity contribution in [1.82, 2.24) is 10.9 Å². The van der Waals surface area contributed by atoms with Gasteiger partial charge in [0.1, 0.15) is 5.75 Å². The summed E-state index contributed by atoms with van der Waals surface area (Å²) in [6, 6.07) is 10.7. The highest BCUT2D eigenvalue weighted by atomic mass is 35.5. The van der Waals surface area contributed by atoms with Crippen LogP contribution in [0.15, 0.2) is 47.4 Å². The van der Waals surface area contributed by atoms with Gasteiger partial charge in [-0.15, -0.1) is 11.8 Å². The minimum Gasteiger partial charge on any atom is -0.492 e. The molecule has 0 saturated carbocycles. The number of non-ortho nitro benzene ring substituents is 1. The van der Waals surface area contributed by atoms with Gasteiger partial charge < -0.3 is 4.74 Å². The second-order valence-corrected chi connectivity index (χ2v) is 7.56. The number of carbonyl (C=O) groups excluding carboxylic acids is 2. The van der Waals surface area contributed by atoms with Gasteiger partial charge in [-0.25, -0.2) is 0 Å². The summed E-state index contributed by atoms with van der Waals surface area (Å²) < 4.78 is 5.48. The van der Waals surface area contributed by atoms with Gasteiger partial charge in [0.2, 0.25) is 11.8 Å². The number of rotatable bonds is 9. The quantitative estimate of drug-likeness (QED) is 0.254. The number of hydrogen-bond donors (Lipinski definition) is 2. The standard InChI is InChI=1S/C18H17Cl2N3O5S/c19-12-3-8-16(15(20)10-12)28-9-1-2-17(24)21-22-18(25)11-29-14-6-4-13(5-7-14)23(26)27/h3-8,10H,1-2,9,11H2,(H,21,24)(H,22,25). The third-order valence-corrected chi connectivity index (χ3v) is 5.00. The van der Waals surface area contributed by atoms with E-state index in [1.54, 1.807) is 30.3 Å². The van der Waals surface area contributed by atoms with Crippen molar-refractivity contribution in [3.63, 3.8) is 0 Å². The fourth-order valence-corrected chi connectivity index (χ4v) is 3.22. The Morgan fingerprint density at radius 1 is 1.07 bits per heavy atom. The second-order valence-electron chi connectivity index (χ2n) is 5.66. The molecule has 0 saturated heterocycles. The van der Waals surface area contributed by atoms with Crippen LogP contribution in [0.4, 0.5) is 5.69 Å². The Hall–Kier alpha value is -2.49. The van der Waals surface area contributed by atoms with Crippen molar-refractivity contribution in [1.29, 1.82) is 0 Å². The number of nitro groups is 1. The topological polar surface area (TPSA) is 111 Å². The molecule has 0 spiro atoms. The zero-order valence-electron chi connectivity index (χ0n) is 15.0. The van der Waals surface area contributed by atoms with Gasteiger partial charge in [0.15, 0.2) is 0 Å². The van der Waals surface area contributed by atoms with E-state index in [2.05, 4.69) is 10.9 Å². The first kappa shape index (κ1) is 22.8. The molecule has 0 aliphatic heterocycles. The molecule has 0 unspecified atom stereocenters. The van der Waals surface area contributed by atoms with E-state index in [1.165, 1.54) is 23.9 Å². The zero-order chi connectivity index (χ0) is 21.2. The van der Waals surface area contributed by atoms with Crippen LogP contribution in [0, 0.1) is 10.1 Å². The van der Waals surface area contributed by atoms with E-state index >= 15 is 0 Å². The van der Waals surface area contributed by atoms with E-state index in [0.29, 0.717) is 27.1 Å². The van der Waals surface area contributed by atoms with Crippen molar-refractivity contribution in [3.05, 3.63) is 62.6 Å². The van der Waals surface area contributed by atoms with E-state index in [9.17, 15) is 19.7 Å². The largest absolute Gasteiger partial charge is 0.492 e. The van der Waals surface area contributed by atoms with Crippen molar-refractivity contribution in [3.8, 4) is 5.75 Å². The van der Waals surface area contributed by atoms with Crippen LogP contribution in [0.25, 0.3) is 0 Å². The lowest BCUT2D eigenvalue weighted by atomic mass is 10.3. The highest BCUT2D eigenvalue weighted by Gasteiger charge is 2.08. The van der Waals surface area contributed by atoms with Gasteiger partial charge in [0.05, 0.1) is 22.3 Å². The van der Waals surface area contributed by atoms with Crippen molar-refractivity contribution in [2.24, 2.45) is 0 Å². The first-order valence-corrected chi connectivity index (χ1v) is 10.1. The maximum Gasteiger partial charge on any atom is 0.269 e. The summed E-state index contributed by atoms with van der Waals surface area (Å²) in [5, 5.41) is 11.5. The summed E-state index contributed by atoms with van der Waals surface area (Å²) in [6.07, 6.45) is 0.583. The summed E-state index contributed by atoms with van der Waals surface area (Å²) >= 11 is 13.0. The van der Waals surface area contributed by atoms with E-state index < -0.39 is 10.8 Å². The van der Waals surface area contributed by atoms with Gasteiger partial charge in [0, 0.05) is 28.5 Å². The zero-order valence-corrected chi connectivity index (χ0v) is 17.4. The van der Waals surface area contributed by atoms with E-state index in [0.717, 1.165) is 0 Å². The maximum atomic E-state index is 11.8. The summed E-state index contributed by atoms with van der Waals surface area (Å²) in [6.45, 7) is 0.277. The number of thioether (sulfide) groups is 1. The van der Waals surface area contributed by atoms with Crippen molar-refractivity contribution in [2.75, 3.05) is 12.4 Å². The highest BCUT2D eigenvalue weighted by molar-refractivity contribution is 8.00. The Bertz CT molecular complexity index is 880. The summed E-state index contributed by atoms with van der Waals surface area (Å²) in [4.78, 5) is 34.3. The molecule has 29 heavy (non-hydrogen) atoms. The molecule has 2 aromatic carbocycles. The monoisotopic (exact) mass is 457 g/mol. The van der Waals surface area contributed by atoms with Crippen LogP contribution in [-0.2, 0) is 9.59 Å². The molecule has 0 radical (unpaired) electrons. The molecule has 2 amide bonds. The molecular weight excluding hydrogens is 441 g/mol. The van der Waals surface area contributed by atoms with E-state index in [-0.39, 0.29) is 30.4 Å². The van der Waals surface area contributed by atoms with Crippen LogP contribution in [0.1, 0.15) is 12.8 Å². The van der Waals surface area contributed by atoms with Crippen LogP contribution in [0.5, 0.6) is 5.75 Å². The predicted octanol–water partition coefficient (Wildman–Crippen LogP) is 4.00. The van der Waals surface area contributed by atoms with Crippen molar-refractivity contribution < 1.29 is 19.2 Å². The molecule has 11 heteroatoms. The predicted molar refractivity (Wildman–Crippen MR) is 111 cm³/mol. The third-order valence-electron chi connectivity index (χ3n) is 3.46. The van der Waals surface area contributed by atoms with Gasteiger partial charge in [-0.2, -0.15) is 0 Å². The Labute approximate surface area is 181 Å². The SMILES string of the molecule is O=C(CCCOc1ccc(Cl)cc1Cl)NNC(=O)CSc1ccc([N+](=O)[O-])cc1. The Morgan fingerprint density at radius 2 is 1.76 bits per heavy atom. The van der Waals surface area contributed by atoms with Crippen molar-refractivity contribution >= 4 is 52.5 Å². The number of halogens is 2. The molecule has 154 valence electrons. The number of nitro benzene ring substituents is 1. The number of nitrogens with one attached hydrogen (secondary N) is 2. The molecule has 0 heterocycles. The van der Waals surface area contributed by atoms with E-state index in [4.69, 9.17) is 27.9 Å². The lowest BCUT2D eigenvalue weighted by Crippen LogP contribution is -2.42. The third kappa shape index (κ3) is 8.18. The lowest BCUT2D eigenvalue weighted by Gasteiger charge is -2.09. The number of nitrogens with zero attached hydrogens (tertiary/aromatic N) is 1. The number of hydrazine groups is 1. The number of carbonyl (C=O) groups is 2. The lowest BCUT2D eigenvalue weighted by molar-refractivity contribution is -0.384. The second kappa shape index (κ2) is 11.5. The molecule has 0 bridgehead atoms. The average Bonchev–Trinajstić information content (AvgIpc) is 2.69. The fourth-order valence-electron chi connectivity index (χ4n) is 2.06. The molecule has 0 aromatic heterocycles. The van der Waals surface area contributed by atoms with Crippen LogP contribution in [0.3, 0.4) is 0 Å². The fraction of sp³-hybridized carbons (Fsp3) is 0.222. The first-order chi connectivity index (χ1) is 13.8. The molecule has 2 rings (SSSR count). The van der Waals surface area contributed by atoms with Gasteiger partial charge in [-0.3, -0.25) is 30.6 Å². The summed E-state index contributed by atoms with van der Waals surface area (Å²) in [7, 11) is 0. The summed E-state index contributed by atoms with van der Waals surface area (Å²) in [5.74, 6) is -0.223. The molecule has 2 N–H and O–H groups in total. The van der Waals surface area contributed by atoms with Gasteiger partial charge in [-0.05, 0) is 36.8 Å². The molecule has 0 aliphatic carbocycles. The van der Waals surface area contributed by atoms with Gasteiger partial charge in [-0.1, -0.05) is 23.2 Å². The van der Waals surface area contributed by atoms with Crippen LogP contribution >= 0.6 is 35.0 Å². The van der Waals surface area contributed by atoms with Crippen LogP contribution in [-0.4, -0.2) is 29.1 Å². The highest BCUT2D eigenvalue weighted by Crippen LogP contribution is 2.27. The van der Waals surface area contributed by atoms with Crippen LogP contribution < -0.4 is 15.6 Å². The Balaban J connectivity index is 1.60. The molecule has 0 aliphatic rings. The summed E-state index contributed by atoms with van der Waals surface area (Å²) in [5.41, 5.74) is 4.61. The smallest absolute Gasteiger partial charge is 0.269 e. The first-order valence-electron chi connectivity index (χ1n) is 8.38. The normalized spacial score (nSPS) is 10.3. The maximum absolute atomic E-state index is 11.8. The molecule has 8 nitrogen and oxygen atoms in total. The number of benzene rings is 2. The number of amides is 2. The van der Waals surface area contributed by atoms with E-state index in [1.807, 2.05) is 0 Å².